The highest BCUT2D eigenvalue weighted by atomic mass is 16.5. The van der Waals surface area contributed by atoms with E-state index in [1.165, 1.54) is 12.7 Å². The molecule has 0 spiro atoms. The molecule has 2 aromatic carbocycles. The lowest BCUT2D eigenvalue weighted by molar-refractivity contribution is 0.0794. The van der Waals surface area contributed by atoms with Gasteiger partial charge in [0.1, 0.15) is 12.1 Å². The summed E-state index contributed by atoms with van der Waals surface area (Å²) in [5.41, 5.74) is 9.21. The predicted molar refractivity (Wildman–Crippen MR) is 144 cm³/mol. The number of nitrogens with zero attached hydrogens (tertiary/aromatic N) is 5. The molecule has 0 bridgehead atoms. The van der Waals surface area contributed by atoms with Gasteiger partial charge in [-0.2, -0.15) is 4.98 Å². The molecule has 10 heteroatoms. The molecule has 1 atom stereocenters. The van der Waals surface area contributed by atoms with Gasteiger partial charge in [0.2, 0.25) is 11.9 Å². The molecule has 192 valence electrons. The largest absolute Gasteiger partial charge is 0.494 e. The van der Waals surface area contributed by atoms with Crippen molar-refractivity contribution in [1.29, 1.82) is 0 Å². The van der Waals surface area contributed by atoms with Crippen LogP contribution in [0, 0.1) is 0 Å². The zero-order valence-corrected chi connectivity index (χ0v) is 21.6. The molecule has 1 aromatic heterocycles. The van der Waals surface area contributed by atoms with Crippen molar-refractivity contribution >= 4 is 34.6 Å². The zero-order chi connectivity index (χ0) is 25.9. The highest BCUT2D eigenvalue weighted by Gasteiger charge is 2.24. The van der Waals surface area contributed by atoms with Gasteiger partial charge in [0, 0.05) is 36.4 Å². The van der Waals surface area contributed by atoms with Gasteiger partial charge in [-0.1, -0.05) is 18.2 Å². The van der Waals surface area contributed by atoms with Crippen LogP contribution in [0.1, 0.15) is 32.3 Å². The average molecular weight is 493 g/mol. The van der Waals surface area contributed by atoms with Crippen molar-refractivity contribution in [2.45, 2.75) is 38.3 Å². The van der Waals surface area contributed by atoms with Crippen LogP contribution in [0.3, 0.4) is 0 Å². The van der Waals surface area contributed by atoms with Gasteiger partial charge in [0.25, 0.3) is 0 Å². The minimum Gasteiger partial charge on any atom is -0.494 e. The number of nitrogens with two attached hydrogens (primary N) is 1. The molecule has 1 fully saturated rings. The second-order valence-corrected chi connectivity index (χ2v) is 9.80. The summed E-state index contributed by atoms with van der Waals surface area (Å²) >= 11 is 0. The molecule has 1 aliphatic heterocycles. The van der Waals surface area contributed by atoms with E-state index in [-0.39, 0.29) is 0 Å². The summed E-state index contributed by atoms with van der Waals surface area (Å²) in [4.78, 5) is 17.6. The van der Waals surface area contributed by atoms with Crippen molar-refractivity contribution < 1.29 is 9.84 Å². The van der Waals surface area contributed by atoms with E-state index < -0.39 is 5.60 Å². The molecule has 5 N–H and O–H groups in total. The number of benzene rings is 2. The number of rotatable bonds is 8. The van der Waals surface area contributed by atoms with Crippen LogP contribution in [-0.4, -0.2) is 65.3 Å². The quantitative estimate of drug-likeness (QED) is 0.346. The minimum atomic E-state index is -1.02. The van der Waals surface area contributed by atoms with E-state index in [9.17, 15) is 5.11 Å². The molecule has 1 saturated heterocycles. The summed E-state index contributed by atoms with van der Waals surface area (Å²) in [5, 5.41) is 16.9. The highest BCUT2D eigenvalue weighted by molar-refractivity contribution is 5.79. The van der Waals surface area contributed by atoms with E-state index in [0.717, 1.165) is 30.8 Å². The first-order valence-electron chi connectivity index (χ1n) is 12.1. The first-order chi connectivity index (χ1) is 17.2. The number of anilines is 6. The fourth-order valence-electron chi connectivity index (χ4n) is 4.50. The number of piperidine rings is 1. The van der Waals surface area contributed by atoms with Crippen molar-refractivity contribution in [1.82, 2.24) is 19.9 Å². The summed E-state index contributed by atoms with van der Waals surface area (Å²) in [5.74, 6) is 1.33. The van der Waals surface area contributed by atoms with E-state index in [4.69, 9.17) is 10.5 Å². The normalized spacial score (nSPS) is 16.2. The Morgan fingerprint density at radius 1 is 1.11 bits per heavy atom. The Balaban J connectivity index is 1.56. The highest BCUT2D eigenvalue weighted by Crippen LogP contribution is 2.38. The first-order valence-corrected chi connectivity index (χ1v) is 12.1. The van der Waals surface area contributed by atoms with Gasteiger partial charge in [0.05, 0.1) is 29.8 Å². The Hall–Kier alpha value is -3.63. The Morgan fingerprint density at radius 2 is 1.81 bits per heavy atom. The summed E-state index contributed by atoms with van der Waals surface area (Å²) < 4.78 is 5.69. The lowest BCUT2D eigenvalue weighted by Crippen LogP contribution is -2.45. The van der Waals surface area contributed by atoms with Crippen molar-refractivity contribution in [3.63, 3.8) is 0 Å². The minimum absolute atomic E-state index is 0.337. The van der Waals surface area contributed by atoms with E-state index in [2.05, 4.69) is 49.5 Å². The Labute approximate surface area is 212 Å². The van der Waals surface area contributed by atoms with Crippen molar-refractivity contribution in [3.8, 4) is 5.75 Å². The van der Waals surface area contributed by atoms with Gasteiger partial charge >= 0.3 is 0 Å². The molecule has 0 radical (unpaired) electrons. The standard InChI is InChI=1S/C26H36N8O2/c1-26(2,35)18-10-6-7-11-20(18)30-24-28-16-29-25(32-24)31-21-13-19(27)22(14-23(21)36-5)34-12-8-9-17(15-34)33(3)4/h6-7,10-11,13-14,16-17,35H,8-9,12,15,27H2,1-5H3,(H2,28,29,30,31,32)/t17-/m1/s1. The maximum Gasteiger partial charge on any atom is 0.232 e. The van der Waals surface area contributed by atoms with Crippen LogP contribution < -0.4 is 26.0 Å². The van der Waals surface area contributed by atoms with Gasteiger partial charge in [-0.3, -0.25) is 0 Å². The van der Waals surface area contributed by atoms with E-state index in [0.29, 0.717) is 40.8 Å². The number of aromatic nitrogens is 3. The smallest absolute Gasteiger partial charge is 0.232 e. The first kappa shape index (κ1) is 25.5. The van der Waals surface area contributed by atoms with E-state index in [1.54, 1.807) is 21.0 Å². The van der Waals surface area contributed by atoms with Crippen LogP contribution in [0.5, 0.6) is 5.75 Å². The number of nitrogen functional groups attached to an aromatic ring is 1. The van der Waals surface area contributed by atoms with Gasteiger partial charge in [-0.15, -0.1) is 0 Å². The van der Waals surface area contributed by atoms with Gasteiger partial charge < -0.3 is 36.0 Å². The molecule has 2 heterocycles. The Kier molecular flexibility index (Phi) is 7.46. The van der Waals surface area contributed by atoms with Gasteiger partial charge in [-0.25, -0.2) is 9.97 Å². The molecule has 0 unspecified atom stereocenters. The van der Waals surface area contributed by atoms with Crippen LogP contribution in [0.25, 0.3) is 0 Å². The summed E-state index contributed by atoms with van der Waals surface area (Å²) in [6, 6.07) is 11.8. The molecular weight excluding hydrogens is 456 g/mol. The number of nitrogens with one attached hydrogen (secondary N) is 2. The van der Waals surface area contributed by atoms with Gasteiger partial charge in [0.15, 0.2) is 0 Å². The van der Waals surface area contributed by atoms with Crippen molar-refractivity contribution in [3.05, 3.63) is 48.3 Å². The fourth-order valence-corrected chi connectivity index (χ4v) is 4.50. The number of para-hydroxylation sites is 1. The monoisotopic (exact) mass is 492 g/mol. The third-order valence-electron chi connectivity index (χ3n) is 6.47. The number of likely N-dealkylation sites (N-methyl/N-ethyl adjacent to an activating group) is 1. The second kappa shape index (κ2) is 10.5. The number of hydrogen-bond donors (Lipinski definition) is 4. The molecule has 36 heavy (non-hydrogen) atoms. The average Bonchev–Trinajstić information content (AvgIpc) is 2.84. The van der Waals surface area contributed by atoms with Crippen LogP contribution in [0.2, 0.25) is 0 Å². The Morgan fingerprint density at radius 3 is 2.47 bits per heavy atom. The number of aliphatic hydroxyl groups is 1. The van der Waals surface area contributed by atoms with Crippen molar-refractivity contribution in [2.75, 3.05) is 55.6 Å². The molecule has 4 rings (SSSR count). The summed E-state index contributed by atoms with van der Waals surface area (Å²) in [6.45, 7) is 5.35. The van der Waals surface area contributed by atoms with Crippen LogP contribution in [0.15, 0.2) is 42.7 Å². The number of hydrogen-bond acceptors (Lipinski definition) is 10. The lowest BCUT2D eigenvalue weighted by atomic mass is 9.96. The zero-order valence-electron chi connectivity index (χ0n) is 21.6. The molecule has 1 aliphatic rings. The van der Waals surface area contributed by atoms with E-state index in [1.807, 2.05) is 36.4 Å². The summed E-state index contributed by atoms with van der Waals surface area (Å²) in [6.07, 6.45) is 3.71. The molecule has 0 saturated carbocycles. The SMILES string of the molecule is COc1cc(N2CCC[C@@H](N(C)C)C2)c(N)cc1Nc1ncnc(Nc2ccccc2C(C)(C)O)n1. The third-order valence-corrected chi connectivity index (χ3v) is 6.47. The Bertz CT molecular complexity index is 1190. The fraction of sp³-hybridized carbons (Fsp3) is 0.423. The molecule has 0 amide bonds. The molecule has 10 nitrogen and oxygen atoms in total. The maximum absolute atomic E-state index is 10.5. The van der Waals surface area contributed by atoms with Crippen LogP contribution >= 0.6 is 0 Å². The molecule has 3 aromatic rings. The third kappa shape index (κ3) is 5.77. The number of methoxy groups -OCH3 is 1. The maximum atomic E-state index is 10.5. The number of ether oxygens (including phenoxy) is 1. The van der Waals surface area contributed by atoms with Crippen molar-refractivity contribution in [2.24, 2.45) is 0 Å². The predicted octanol–water partition coefficient (Wildman–Crippen LogP) is 3.71. The molecular formula is C26H36N8O2. The second-order valence-electron chi connectivity index (χ2n) is 9.80. The lowest BCUT2D eigenvalue weighted by Gasteiger charge is -2.38. The van der Waals surface area contributed by atoms with E-state index >= 15 is 0 Å². The molecule has 0 aliphatic carbocycles. The summed E-state index contributed by atoms with van der Waals surface area (Å²) in [7, 11) is 5.87. The van der Waals surface area contributed by atoms with Gasteiger partial charge in [-0.05, 0) is 52.9 Å². The van der Waals surface area contributed by atoms with Crippen LogP contribution in [-0.2, 0) is 5.60 Å². The van der Waals surface area contributed by atoms with Crippen LogP contribution in [0.4, 0.5) is 34.6 Å². The topological polar surface area (TPSA) is 125 Å².